The lowest BCUT2D eigenvalue weighted by atomic mass is 10.2. The number of benzene rings is 1. The summed E-state index contributed by atoms with van der Waals surface area (Å²) >= 11 is 0. The predicted molar refractivity (Wildman–Crippen MR) is 58.3 cm³/mol. The van der Waals surface area contributed by atoms with Gasteiger partial charge < -0.3 is 0 Å². The highest BCUT2D eigenvalue weighted by Crippen LogP contribution is 2.00. The molecule has 0 saturated carbocycles. The largest absolute Gasteiger partial charge is 0.320 e. The standard InChI is InChI=1S/C9H7NO2S2/c11-8-10(9(12)14-13-8)6-7-4-2-1-3-5-7/h1-5H,6H2. The second kappa shape index (κ2) is 3.89. The monoisotopic (exact) mass is 225 g/mol. The van der Waals surface area contributed by atoms with E-state index in [1.807, 2.05) is 30.3 Å². The molecule has 2 aromatic rings. The van der Waals surface area contributed by atoms with E-state index in [2.05, 4.69) is 0 Å². The van der Waals surface area contributed by atoms with Crippen molar-refractivity contribution in [2.45, 2.75) is 6.54 Å². The molecule has 0 unspecified atom stereocenters. The lowest BCUT2D eigenvalue weighted by Crippen LogP contribution is -2.24. The molecular weight excluding hydrogens is 218 g/mol. The van der Waals surface area contributed by atoms with E-state index in [1.165, 1.54) is 4.57 Å². The molecule has 5 heteroatoms. The molecule has 1 aromatic heterocycles. The van der Waals surface area contributed by atoms with Gasteiger partial charge in [-0.15, -0.1) is 0 Å². The van der Waals surface area contributed by atoms with Gasteiger partial charge in [-0.1, -0.05) is 30.3 Å². The molecule has 0 fully saturated rings. The zero-order valence-electron chi connectivity index (χ0n) is 7.17. The van der Waals surface area contributed by atoms with Gasteiger partial charge in [0, 0.05) is 0 Å². The van der Waals surface area contributed by atoms with E-state index in [0.29, 0.717) is 6.54 Å². The first-order chi connectivity index (χ1) is 6.77. The van der Waals surface area contributed by atoms with Crippen molar-refractivity contribution in [3.63, 3.8) is 0 Å². The van der Waals surface area contributed by atoms with Crippen LogP contribution in [0.2, 0.25) is 0 Å². The molecule has 14 heavy (non-hydrogen) atoms. The van der Waals surface area contributed by atoms with Gasteiger partial charge in [0.15, 0.2) is 0 Å². The highest BCUT2D eigenvalue weighted by Gasteiger charge is 2.03. The van der Waals surface area contributed by atoms with Gasteiger partial charge in [-0.3, -0.25) is 14.2 Å². The number of hydrogen-bond acceptors (Lipinski definition) is 4. The number of nitrogens with zero attached hydrogens (tertiary/aromatic N) is 1. The second-order valence-electron chi connectivity index (χ2n) is 2.77. The lowest BCUT2D eigenvalue weighted by molar-refractivity contribution is 0.764. The van der Waals surface area contributed by atoms with Crippen molar-refractivity contribution in [2.75, 3.05) is 0 Å². The summed E-state index contributed by atoms with van der Waals surface area (Å²) in [5.41, 5.74) is 0.970. The minimum absolute atomic E-state index is 0.177. The third-order valence-corrected chi connectivity index (χ3v) is 3.72. The van der Waals surface area contributed by atoms with Gasteiger partial charge in [0.05, 0.1) is 6.54 Å². The van der Waals surface area contributed by atoms with E-state index in [9.17, 15) is 9.59 Å². The number of hydrogen-bond donors (Lipinski definition) is 0. The molecule has 3 nitrogen and oxygen atoms in total. The Morgan fingerprint density at radius 3 is 2.14 bits per heavy atom. The Morgan fingerprint density at radius 2 is 1.57 bits per heavy atom. The highest BCUT2D eigenvalue weighted by molar-refractivity contribution is 7.67. The van der Waals surface area contributed by atoms with Crippen molar-refractivity contribution in [2.24, 2.45) is 0 Å². The molecule has 0 aliphatic heterocycles. The van der Waals surface area contributed by atoms with Crippen LogP contribution in [0.3, 0.4) is 0 Å². The summed E-state index contributed by atoms with van der Waals surface area (Å²) in [6.07, 6.45) is 0. The summed E-state index contributed by atoms with van der Waals surface area (Å²) in [6, 6.07) is 9.48. The molecule has 0 amide bonds. The molecule has 1 heterocycles. The smallest absolute Gasteiger partial charge is 0.256 e. The van der Waals surface area contributed by atoms with Gasteiger partial charge in [-0.2, -0.15) is 0 Å². The molecule has 0 atom stereocenters. The Bertz CT molecular complexity index is 496. The molecule has 2 rings (SSSR count). The van der Waals surface area contributed by atoms with Crippen molar-refractivity contribution >= 4 is 20.7 Å². The molecule has 0 saturated heterocycles. The van der Waals surface area contributed by atoms with E-state index in [0.717, 1.165) is 26.2 Å². The van der Waals surface area contributed by atoms with Gasteiger partial charge in [-0.05, 0) is 26.2 Å². The summed E-state index contributed by atoms with van der Waals surface area (Å²) in [5.74, 6) is 0. The first-order valence-corrected chi connectivity index (χ1v) is 6.16. The van der Waals surface area contributed by atoms with E-state index in [4.69, 9.17) is 0 Å². The Morgan fingerprint density at radius 1 is 1.00 bits per heavy atom. The summed E-state index contributed by atoms with van der Waals surface area (Å²) in [5, 5.41) is 0. The van der Waals surface area contributed by atoms with Crippen LogP contribution in [0.4, 0.5) is 0 Å². The van der Waals surface area contributed by atoms with Gasteiger partial charge in [0.1, 0.15) is 0 Å². The first-order valence-electron chi connectivity index (χ1n) is 4.01. The SMILES string of the molecule is O=c1ssc(=O)n1Cc1ccccc1. The van der Waals surface area contributed by atoms with E-state index in [1.54, 1.807) is 0 Å². The zero-order valence-corrected chi connectivity index (χ0v) is 8.81. The van der Waals surface area contributed by atoms with Gasteiger partial charge >= 0.3 is 9.75 Å². The van der Waals surface area contributed by atoms with Crippen LogP contribution in [0.25, 0.3) is 0 Å². The van der Waals surface area contributed by atoms with Crippen molar-refractivity contribution in [1.29, 1.82) is 0 Å². The molecule has 0 radical (unpaired) electrons. The van der Waals surface area contributed by atoms with Gasteiger partial charge in [-0.25, -0.2) is 0 Å². The molecule has 0 bridgehead atoms. The van der Waals surface area contributed by atoms with Crippen LogP contribution in [-0.2, 0) is 6.54 Å². The summed E-state index contributed by atoms with van der Waals surface area (Å²) in [4.78, 5) is 22.1. The minimum Gasteiger partial charge on any atom is -0.256 e. The van der Waals surface area contributed by atoms with Crippen LogP contribution in [0, 0.1) is 0 Å². The maximum absolute atomic E-state index is 11.2. The van der Waals surface area contributed by atoms with Crippen LogP contribution in [0.15, 0.2) is 39.9 Å². The third-order valence-electron chi connectivity index (χ3n) is 1.81. The Kier molecular flexibility index (Phi) is 2.60. The van der Waals surface area contributed by atoms with Crippen LogP contribution in [-0.4, -0.2) is 4.57 Å². The van der Waals surface area contributed by atoms with Crippen LogP contribution in [0.1, 0.15) is 5.56 Å². The van der Waals surface area contributed by atoms with Crippen molar-refractivity contribution in [3.8, 4) is 0 Å². The minimum atomic E-state index is -0.177. The summed E-state index contributed by atoms with van der Waals surface area (Å²) < 4.78 is 1.25. The lowest BCUT2D eigenvalue weighted by Gasteiger charge is -1.98. The highest BCUT2D eigenvalue weighted by atomic mass is 32.9. The third kappa shape index (κ3) is 1.83. The fourth-order valence-electron chi connectivity index (χ4n) is 1.13. The van der Waals surface area contributed by atoms with Crippen LogP contribution >= 0.6 is 20.7 Å². The quantitative estimate of drug-likeness (QED) is 0.724. The molecule has 0 aliphatic rings. The van der Waals surface area contributed by atoms with Gasteiger partial charge in [0.25, 0.3) is 0 Å². The van der Waals surface area contributed by atoms with E-state index >= 15 is 0 Å². The average molecular weight is 225 g/mol. The fourth-order valence-corrected chi connectivity index (χ4v) is 2.77. The first kappa shape index (κ1) is 9.36. The van der Waals surface area contributed by atoms with Gasteiger partial charge in [0.2, 0.25) is 0 Å². The Hall–Kier alpha value is -1.20. The maximum Gasteiger partial charge on any atom is 0.320 e. The number of aromatic nitrogens is 1. The summed E-state index contributed by atoms with van der Waals surface area (Å²) in [6.45, 7) is 0.374. The zero-order chi connectivity index (χ0) is 9.97. The topological polar surface area (TPSA) is 39.1 Å². The normalized spacial score (nSPS) is 10.3. The second-order valence-corrected chi connectivity index (χ2v) is 4.80. The molecular formula is C9H7NO2S2. The van der Waals surface area contributed by atoms with Crippen molar-refractivity contribution in [1.82, 2.24) is 4.57 Å². The molecule has 0 N–H and O–H groups in total. The summed E-state index contributed by atoms with van der Waals surface area (Å²) in [7, 11) is 1.97. The Balaban J connectivity index is 2.37. The maximum atomic E-state index is 11.2. The molecule has 1 aromatic carbocycles. The van der Waals surface area contributed by atoms with E-state index < -0.39 is 0 Å². The molecule has 72 valence electrons. The number of rotatable bonds is 2. The van der Waals surface area contributed by atoms with Crippen molar-refractivity contribution in [3.05, 3.63) is 55.2 Å². The average Bonchev–Trinajstić information content (AvgIpc) is 2.51. The predicted octanol–water partition coefficient (Wildman–Crippen LogP) is 1.38. The van der Waals surface area contributed by atoms with Crippen LogP contribution in [0.5, 0.6) is 0 Å². The van der Waals surface area contributed by atoms with Crippen molar-refractivity contribution < 1.29 is 0 Å². The molecule has 0 spiro atoms. The fraction of sp³-hybridized carbons (Fsp3) is 0.111. The van der Waals surface area contributed by atoms with Crippen LogP contribution < -0.4 is 9.75 Å². The molecule has 0 aliphatic carbocycles. The Labute approximate surface area is 87.3 Å². The van der Waals surface area contributed by atoms with E-state index in [-0.39, 0.29) is 9.75 Å².